The highest BCUT2D eigenvalue weighted by Crippen LogP contribution is 2.41. The topological polar surface area (TPSA) is 54.5 Å². The number of aliphatic hydroxyl groups excluding tert-OH is 1. The number of benzene rings is 2. The normalized spacial score (nSPS) is 23.1. The minimum atomic E-state index is -1.31. The van der Waals surface area contributed by atoms with E-state index in [-0.39, 0.29) is 25.3 Å². The van der Waals surface area contributed by atoms with Crippen molar-refractivity contribution in [3.8, 4) is 0 Å². The molecule has 0 bridgehead atoms. The highest BCUT2D eigenvalue weighted by Gasteiger charge is 2.37. The summed E-state index contributed by atoms with van der Waals surface area (Å²) in [5, 5.41) is 14.7. The van der Waals surface area contributed by atoms with Gasteiger partial charge in [-0.05, 0) is 56.0 Å². The van der Waals surface area contributed by atoms with Crippen LogP contribution >= 0.6 is 0 Å². The van der Waals surface area contributed by atoms with Crippen LogP contribution in [0.5, 0.6) is 0 Å². The van der Waals surface area contributed by atoms with E-state index in [1.807, 2.05) is 6.07 Å². The van der Waals surface area contributed by atoms with Crippen molar-refractivity contribution in [2.45, 2.75) is 57.1 Å². The smallest absolute Gasteiger partial charge is 0.138 e. The van der Waals surface area contributed by atoms with Gasteiger partial charge in [-0.3, -0.25) is 14.2 Å². The molecule has 7 heteroatoms. The minimum Gasteiger partial charge on any atom is -0.390 e. The van der Waals surface area contributed by atoms with E-state index >= 15 is 0 Å². The summed E-state index contributed by atoms with van der Waals surface area (Å²) in [4.78, 5) is 8.08. The van der Waals surface area contributed by atoms with E-state index in [1.54, 1.807) is 0 Å². The molecule has 0 amide bonds. The van der Waals surface area contributed by atoms with E-state index in [1.165, 1.54) is 17.9 Å². The zero-order valence-corrected chi connectivity index (χ0v) is 20.6. The lowest BCUT2D eigenvalue weighted by Crippen LogP contribution is -2.54. The maximum absolute atomic E-state index is 14.8. The lowest BCUT2D eigenvalue weighted by molar-refractivity contribution is 0.0373. The summed E-state index contributed by atoms with van der Waals surface area (Å²) >= 11 is 0. The zero-order valence-electron chi connectivity index (χ0n) is 20.6. The quantitative estimate of drug-likeness (QED) is 0.415. The molecule has 2 aromatic carbocycles. The van der Waals surface area contributed by atoms with Crippen LogP contribution in [0.15, 0.2) is 48.5 Å². The van der Waals surface area contributed by atoms with Gasteiger partial charge in [0, 0.05) is 54.5 Å². The first kappa shape index (κ1) is 24.2. The summed E-state index contributed by atoms with van der Waals surface area (Å²) in [6, 6.07) is 17.2. The number of aliphatic hydroxyl groups is 1. The number of nitrogens with one attached hydrogen (secondary N) is 2. The number of likely N-dealkylation sites (tertiary alicyclic amines) is 1. The highest BCUT2D eigenvalue weighted by atomic mass is 19.1. The van der Waals surface area contributed by atoms with Crippen molar-refractivity contribution in [2.24, 2.45) is 0 Å². The minimum absolute atomic E-state index is 0.118. The molecule has 0 saturated carbocycles. The number of alkyl halides is 2. The Morgan fingerprint density at radius 2 is 1.89 bits per heavy atom. The molecular formula is C28H36F2N4O. The summed E-state index contributed by atoms with van der Waals surface area (Å²) in [6.07, 6.45) is -0.888. The third-order valence-electron chi connectivity index (χ3n) is 7.59. The molecule has 0 spiro atoms. The van der Waals surface area contributed by atoms with E-state index < -0.39 is 12.3 Å². The van der Waals surface area contributed by atoms with Crippen LogP contribution in [0, 0.1) is 0 Å². The maximum atomic E-state index is 14.8. The first-order valence-corrected chi connectivity index (χ1v) is 12.8. The SMILES string of the molecule is C[C@@H]1Cc2c([nH]c3ccccc23)[C@@H](c2ccc(NC3CN(CCCF)C3)cc2)N1CC(F)[C@@H](C)O. The highest BCUT2D eigenvalue weighted by molar-refractivity contribution is 5.85. The number of halogens is 2. The lowest BCUT2D eigenvalue weighted by Gasteiger charge is -2.42. The molecular weight excluding hydrogens is 446 g/mol. The molecule has 1 fully saturated rings. The van der Waals surface area contributed by atoms with E-state index in [4.69, 9.17) is 0 Å². The van der Waals surface area contributed by atoms with Gasteiger partial charge in [0.05, 0.1) is 24.9 Å². The van der Waals surface area contributed by atoms with Crippen molar-refractivity contribution in [3.05, 3.63) is 65.4 Å². The van der Waals surface area contributed by atoms with Gasteiger partial charge in [0.15, 0.2) is 0 Å². The number of hydrogen-bond acceptors (Lipinski definition) is 4. The molecule has 0 radical (unpaired) electrons. The summed E-state index contributed by atoms with van der Waals surface area (Å²) in [5.74, 6) is 0. The molecule has 4 atom stereocenters. The van der Waals surface area contributed by atoms with Crippen molar-refractivity contribution in [2.75, 3.05) is 38.2 Å². The Bertz CT molecular complexity index is 1130. The fraction of sp³-hybridized carbons (Fsp3) is 0.500. The number of H-pyrrole nitrogens is 1. The number of anilines is 1. The lowest BCUT2D eigenvalue weighted by atomic mass is 9.88. The average Bonchev–Trinajstić information content (AvgIpc) is 3.19. The zero-order chi connectivity index (χ0) is 24.5. The van der Waals surface area contributed by atoms with Crippen molar-refractivity contribution < 1.29 is 13.9 Å². The van der Waals surface area contributed by atoms with Crippen LogP contribution in [-0.4, -0.2) is 77.1 Å². The summed E-state index contributed by atoms with van der Waals surface area (Å²) < 4.78 is 27.2. The fourth-order valence-electron chi connectivity index (χ4n) is 5.63. The van der Waals surface area contributed by atoms with Crippen LogP contribution in [0.1, 0.15) is 43.1 Å². The van der Waals surface area contributed by atoms with Crippen LogP contribution in [0.25, 0.3) is 10.9 Å². The predicted octanol–water partition coefficient (Wildman–Crippen LogP) is 4.68. The average molecular weight is 483 g/mol. The van der Waals surface area contributed by atoms with Crippen molar-refractivity contribution in [1.82, 2.24) is 14.8 Å². The number of aromatic nitrogens is 1. The van der Waals surface area contributed by atoms with Gasteiger partial charge in [-0.25, -0.2) is 4.39 Å². The van der Waals surface area contributed by atoms with E-state index in [2.05, 4.69) is 69.5 Å². The Hall–Kier alpha value is -2.48. The molecule has 2 aliphatic rings. The molecule has 188 valence electrons. The molecule has 1 aromatic heterocycles. The van der Waals surface area contributed by atoms with Gasteiger partial charge in [0.1, 0.15) is 6.17 Å². The first-order chi connectivity index (χ1) is 16.9. The van der Waals surface area contributed by atoms with Crippen molar-refractivity contribution in [3.63, 3.8) is 0 Å². The second kappa shape index (κ2) is 10.2. The number of para-hydroxylation sites is 1. The Morgan fingerprint density at radius 1 is 1.14 bits per heavy atom. The van der Waals surface area contributed by atoms with Gasteiger partial charge < -0.3 is 15.4 Å². The first-order valence-electron chi connectivity index (χ1n) is 12.8. The molecule has 1 unspecified atom stereocenters. The molecule has 2 aliphatic heterocycles. The predicted molar refractivity (Wildman–Crippen MR) is 137 cm³/mol. The number of nitrogens with zero attached hydrogens (tertiary/aromatic N) is 2. The third kappa shape index (κ3) is 4.95. The monoisotopic (exact) mass is 482 g/mol. The van der Waals surface area contributed by atoms with Crippen molar-refractivity contribution in [1.29, 1.82) is 0 Å². The summed E-state index contributed by atoms with van der Waals surface area (Å²) in [5.41, 5.74) is 5.68. The Balaban J connectivity index is 1.40. The second-order valence-corrected chi connectivity index (χ2v) is 10.2. The van der Waals surface area contributed by atoms with Gasteiger partial charge in [-0.1, -0.05) is 30.3 Å². The molecule has 35 heavy (non-hydrogen) atoms. The van der Waals surface area contributed by atoms with Gasteiger partial charge in [-0.2, -0.15) is 0 Å². The Kier molecular flexibility index (Phi) is 7.09. The van der Waals surface area contributed by atoms with E-state index in [0.29, 0.717) is 12.5 Å². The number of fused-ring (bicyclic) bond motifs is 3. The summed E-state index contributed by atoms with van der Waals surface area (Å²) in [6.45, 7) is 6.27. The van der Waals surface area contributed by atoms with Gasteiger partial charge in [0.2, 0.25) is 0 Å². The number of aromatic amines is 1. The Labute approximate surface area is 206 Å². The van der Waals surface area contributed by atoms with E-state index in [9.17, 15) is 13.9 Å². The molecule has 3 aromatic rings. The Morgan fingerprint density at radius 3 is 2.60 bits per heavy atom. The molecule has 1 saturated heterocycles. The standard InChI is InChI=1S/C28H36F2N4O/c1-18-14-24-23-6-3-4-7-26(23)32-27(24)28(34(18)17-25(30)19(2)35)20-8-10-21(11-9-20)31-22-15-33(16-22)13-5-12-29/h3-4,6-11,18-19,22,25,28,31-32,35H,5,12-17H2,1-2H3/t18-,19-,25?,28-/m1/s1. The second-order valence-electron chi connectivity index (χ2n) is 10.2. The number of hydrogen-bond donors (Lipinski definition) is 3. The van der Waals surface area contributed by atoms with Gasteiger partial charge in [0.25, 0.3) is 0 Å². The van der Waals surface area contributed by atoms with Crippen LogP contribution in [0.4, 0.5) is 14.5 Å². The van der Waals surface area contributed by atoms with E-state index in [0.717, 1.165) is 48.5 Å². The molecule has 5 rings (SSSR count). The molecule has 0 aliphatic carbocycles. The van der Waals surface area contributed by atoms with Crippen LogP contribution in [-0.2, 0) is 6.42 Å². The fourth-order valence-corrected chi connectivity index (χ4v) is 5.63. The molecule has 5 nitrogen and oxygen atoms in total. The molecule has 3 heterocycles. The van der Waals surface area contributed by atoms with Crippen molar-refractivity contribution >= 4 is 16.6 Å². The number of rotatable bonds is 9. The molecule has 3 N–H and O–H groups in total. The summed E-state index contributed by atoms with van der Waals surface area (Å²) in [7, 11) is 0. The largest absolute Gasteiger partial charge is 0.390 e. The van der Waals surface area contributed by atoms with Crippen LogP contribution < -0.4 is 5.32 Å². The maximum Gasteiger partial charge on any atom is 0.138 e. The third-order valence-corrected chi connectivity index (χ3v) is 7.59. The van der Waals surface area contributed by atoms with Crippen LogP contribution in [0.2, 0.25) is 0 Å². The van der Waals surface area contributed by atoms with Crippen LogP contribution in [0.3, 0.4) is 0 Å². The van der Waals surface area contributed by atoms with Gasteiger partial charge >= 0.3 is 0 Å². The van der Waals surface area contributed by atoms with Gasteiger partial charge in [-0.15, -0.1) is 0 Å².